The predicted molar refractivity (Wildman–Crippen MR) is 67.6 cm³/mol. The highest BCUT2D eigenvalue weighted by atomic mass is 32.2. The molecule has 1 aliphatic heterocycles. The van der Waals surface area contributed by atoms with Gasteiger partial charge in [0, 0.05) is 30.3 Å². The van der Waals surface area contributed by atoms with Crippen LogP contribution >= 0.6 is 11.8 Å². The predicted octanol–water partition coefficient (Wildman–Crippen LogP) is 1.47. The molecule has 88 valence electrons. The van der Waals surface area contributed by atoms with Crippen LogP contribution in [-0.4, -0.2) is 32.7 Å². The average Bonchev–Trinajstić information content (AvgIpc) is 2.29. The van der Waals surface area contributed by atoms with Crippen molar-refractivity contribution in [2.75, 3.05) is 24.3 Å². The minimum Gasteiger partial charge on any atom is -0.308 e. The second-order valence-electron chi connectivity index (χ2n) is 3.92. The Bertz CT molecular complexity index is 447. The van der Waals surface area contributed by atoms with E-state index in [1.54, 1.807) is 12.1 Å². The van der Waals surface area contributed by atoms with Gasteiger partial charge in [-0.1, -0.05) is 12.1 Å². The summed E-state index contributed by atoms with van der Waals surface area (Å²) in [6, 6.07) is 7.53. The van der Waals surface area contributed by atoms with Crippen LogP contribution in [-0.2, 0) is 9.84 Å². The maximum absolute atomic E-state index is 11.3. The molecule has 0 saturated carbocycles. The van der Waals surface area contributed by atoms with E-state index in [9.17, 15) is 8.42 Å². The van der Waals surface area contributed by atoms with Gasteiger partial charge in [-0.3, -0.25) is 0 Å². The fourth-order valence-corrected chi connectivity index (χ4v) is 3.33. The van der Waals surface area contributed by atoms with E-state index in [4.69, 9.17) is 0 Å². The van der Waals surface area contributed by atoms with Crippen LogP contribution in [0, 0.1) is 0 Å². The van der Waals surface area contributed by atoms with Gasteiger partial charge in [-0.2, -0.15) is 11.8 Å². The van der Waals surface area contributed by atoms with Gasteiger partial charge in [0.25, 0.3) is 0 Å². The first kappa shape index (κ1) is 12.0. The fraction of sp³-hybridized carbons (Fsp3) is 0.455. The lowest BCUT2D eigenvalue weighted by Crippen LogP contribution is -2.30. The van der Waals surface area contributed by atoms with Crippen molar-refractivity contribution in [3.8, 4) is 0 Å². The molecule has 1 heterocycles. The maximum Gasteiger partial charge on any atom is 0.175 e. The molecule has 1 saturated heterocycles. The van der Waals surface area contributed by atoms with Crippen molar-refractivity contribution in [1.29, 1.82) is 0 Å². The molecule has 0 radical (unpaired) electrons. The number of hydrogen-bond donors (Lipinski definition) is 1. The third-order valence-electron chi connectivity index (χ3n) is 2.63. The Morgan fingerprint density at radius 1 is 1.31 bits per heavy atom. The Morgan fingerprint density at radius 3 is 2.50 bits per heavy atom. The Hall–Kier alpha value is -0.520. The summed E-state index contributed by atoms with van der Waals surface area (Å²) in [4.78, 5) is 0.389. The minimum atomic E-state index is -3.08. The van der Waals surface area contributed by atoms with Crippen molar-refractivity contribution in [2.45, 2.75) is 10.9 Å². The van der Waals surface area contributed by atoms with E-state index >= 15 is 0 Å². The van der Waals surface area contributed by atoms with Crippen LogP contribution < -0.4 is 5.32 Å². The highest BCUT2D eigenvalue weighted by molar-refractivity contribution is 7.99. The summed E-state index contributed by atoms with van der Waals surface area (Å²) in [5.74, 6) is 2.20. The third kappa shape index (κ3) is 2.78. The van der Waals surface area contributed by atoms with Crippen molar-refractivity contribution >= 4 is 21.6 Å². The number of thioether (sulfide) groups is 1. The summed E-state index contributed by atoms with van der Waals surface area (Å²) in [5, 5.41) is 3.42. The first-order valence-corrected chi connectivity index (χ1v) is 8.23. The molecule has 1 fully saturated rings. The van der Waals surface area contributed by atoms with Crippen LogP contribution in [0.25, 0.3) is 0 Å². The van der Waals surface area contributed by atoms with Crippen molar-refractivity contribution in [3.05, 3.63) is 29.8 Å². The number of rotatable bonds is 2. The Morgan fingerprint density at radius 2 is 2.00 bits per heavy atom. The van der Waals surface area contributed by atoms with Crippen molar-refractivity contribution in [1.82, 2.24) is 5.32 Å². The van der Waals surface area contributed by atoms with Crippen molar-refractivity contribution in [2.24, 2.45) is 0 Å². The summed E-state index contributed by atoms with van der Waals surface area (Å²) in [6.45, 7) is 1.02. The van der Waals surface area contributed by atoms with E-state index in [2.05, 4.69) is 5.32 Å². The number of hydrogen-bond acceptors (Lipinski definition) is 4. The van der Waals surface area contributed by atoms with Crippen LogP contribution in [0.3, 0.4) is 0 Å². The summed E-state index contributed by atoms with van der Waals surface area (Å²) in [5.41, 5.74) is 1.17. The maximum atomic E-state index is 11.3. The SMILES string of the molecule is CS(=O)(=O)c1ccc(C2CSCCN2)cc1. The molecule has 1 unspecified atom stereocenters. The topological polar surface area (TPSA) is 46.2 Å². The molecule has 0 aromatic heterocycles. The molecule has 0 amide bonds. The van der Waals surface area contributed by atoms with E-state index in [0.717, 1.165) is 18.1 Å². The zero-order valence-electron chi connectivity index (χ0n) is 9.14. The van der Waals surface area contributed by atoms with Gasteiger partial charge in [0.2, 0.25) is 0 Å². The minimum absolute atomic E-state index is 0.354. The van der Waals surface area contributed by atoms with Gasteiger partial charge in [-0.25, -0.2) is 8.42 Å². The standard InChI is InChI=1S/C11H15NO2S2/c1-16(13,14)10-4-2-9(3-5-10)11-8-15-7-6-12-11/h2-5,11-12H,6-8H2,1H3. The van der Waals surface area contributed by atoms with Crippen LogP contribution in [0.15, 0.2) is 29.2 Å². The monoisotopic (exact) mass is 257 g/mol. The van der Waals surface area contributed by atoms with Gasteiger partial charge in [-0.05, 0) is 17.7 Å². The van der Waals surface area contributed by atoms with Gasteiger partial charge in [-0.15, -0.1) is 0 Å². The van der Waals surface area contributed by atoms with E-state index in [0.29, 0.717) is 10.9 Å². The molecule has 1 atom stereocenters. The molecular weight excluding hydrogens is 242 g/mol. The third-order valence-corrected chi connectivity index (χ3v) is 4.82. The highest BCUT2D eigenvalue weighted by Gasteiger charge is 2.15. The zero-order chi connectivity index (χ0) is 11.6. The van der Waals surface area contributed by atoms with Gasteiger partial charge in [0.15, 0.2) is 9.84 Å². The van der Waals surface area contributed by atoms with E-state index in [1.807, 2.05) is 23.9 Å². The first-order chi connectivity index (χ1) is 7.57. The quantitative estimate of drug-likeness (QED) is 0.871. The van der Waals surface area contributed by atoms with Crippen molar-refractivity contribution in [3.63, 3.8) is 0 Å². The highest BCUT2D eigenvalue weighted by Crippen LogP contribution is 2.22. The zero-order valence-corrected chi connectivity index (χ0v) is 10.8. The lowest BCUT2D eigenvalue weighted by Gasteiger charge is -2.23. The number of sulfone groups is 1. The molecule has 1 N–H and O–H groups in total. The van der Waals surface area contributed by atoms with E-state index < -0.39 is 9.84 Å². The number of nitrogens with one attached hydrogen (secondary N) is 1. The molecular formula is C11H15NO2S2. The van der Waals surface area contributed by atoms with Crippen LogP contribution in [0.5, 0.6) is 0 Å². The van der Waals surface area contributed by atoms with Crippen molar-refractivity contribution < 1.29 is 8.42 Å². The Kier molecular flexibility index (Phi) is 3.56. The summed E-state index contributed by atoms with van der Waals surface area (Å²) >= 11 is 1.93. The molecule has 16 heavy (non-hydrogen) atoms. The molecule has 1 aliphatic rings. The van der Waals surface area contributed by atoms with Gasteiger partial charge in [0.05, 0.1) is 4.90 Å². The number of benzene rings is 1. The molecule has 0 aliphatic carbocycles. The summed E-state index contributed by atoms with van der Waals surface area (Å²) in [6.07, 6.45) is 1.23. The fourth-order valence-electron chi connectivity index (χ4n) is 1.73. The molecule has 2 rings (SSSR count). The summed E-state index contributed by atoms with van der Waals surface area (Å²) < 4.78 is 22.6. The van der Waals surface area contributed by atoms with Gasteiger partial charge in [0.1, 0.15) is 0 Å². The lowest BCUT2D eigenvalue weighted by atomic mass is 10.1. The second kappa shape index (κ2) is 4.77. The molecule has 3 nitrogen and oxygen atoms in total. The Balaban J connectivity index is 2.18. The lowest BCUT2D eigenvalue weighted by molar-refractivity contribution is 0.592. The largest absolute Gasteiger partial charge is 0.308 e. The van der Waals surface area contributed by atoms with E-state index in [1.165, 1.54) is 11.8 Å². The van der Waals surface area contributed by atoms with E-state index in [-0.39, 0.29) is 0 Å². The van der Waals surface area contributed by atoms with Gasteiger partial charge < -0.3 is 5.32 Å². The molecule has 0 spiro atoms. The molecule has 5 heteroatoms. The second-order valence-corrected chi connectivity index (χ2v) is 7.09. The normalized spacial score (nSPS) is 21.9. The first-order valence-electron chi connectivity index (χ1n) is 5.18. The van der Waals surface area contributed by atoms with Crippen LogP contribution in [0.2, 0.25) is 0 Å². The smallest absolute Gasteiger partial charge is 0.175 e. The molecule has 0 bridgehead atoms. The molecule has 1 aromatic rings. The molecule has 1 aromatic carbocycles. The van der Waals surface area contributed by atoms with Crippen LogP contribution in [0.4, 0.5) is 0 Å². The van der Waals surface area contributed by atoms with Gasteiger partial charge >= 0.3 is 0 Å². The average molecular weight is 257 g/mol. The Labute approximate surface area is 101 Å². The summed E-state index contributed by atoms with van der Waals surface area (Å²) in [7, 11) is -3.08. The van der Waals surface area contributed by atoms with Crippen LogP contribution in [0.1, 0.15) is 11.6 Å².